The van der Waals surface area contributed by atoms with E-state index in [1.807, 2.05) is 36.4 Å². The number of hydrogen-bond donors (Lipinski definition) is 0. The first-order valence-electron chi connectivity index (χ1n) is 9.28. The van der Waals surface area contributed by atoms with Crippen LogP contribution in [-0.4, -0.2) is 25.0 Å². The molecular formula is C23H22F4INO. The Kier molecular flexibility index (Phi) is 8.52. The Morgan fingerprint density at radius 1 is 1.07 bits per heavy atom. The fraction of sp³-hybridized carbons (Fsp3) is 0.217. The highest BCUT2D eigenvalue weighted by atomic mass is 127. The molecule has 0 fully saturated rings. The second-order valence-corrected chi connectivity index (χ2v) is 7.20. The number of ether oxygens (including phenoxy) is 1. The molecule has 30 heavy (non-hydrogen) atoms. The van der Waals surface area contributed by atoms with Crippen molar-refractivity contribution in [3.05, 3.63) is 87.2 Å². The van der Waals surface area contributed by atoms with Gasteiger partial charge in [-0.15, -0.1) is 0 Å². The highest BCUT2D eigenvalue weighted by Crippen LogP contribution is 2.43. The molecular weight excluding hydrogens is 509 g/mol. The molecule has 0 saturated heterocycles. The van der Waals surface area contributed by atoms with Crippen molar-refractivity contribution in [3.8, 4) is 5.75 Å². The summed E-state index contributed by atoms with van der Waals surface area (Å²) < 4.78 is 61.9. The molecule has 1 aliphatic heterocycles. The van der Waals surface area contributed by atoms with Gasteiger partial charge < -0.3 is 9.64 Å². The third-order valence-corrected chi connectivity index (χ3v) is 5.23. The summed E-state index contributed by atoms with van der Waals surface area (Å²) >= 11 is 1.98. The van der Waals surface area contributed by atoms with Crippen molar-refractivity contribution in [2.45, 2.75) is 20.3 Å². The fourth-order valence-electron chi connectivity index (χ4n) is 3.03. The second-order valence-electron chi connectivity index (χ2n) is 6.04. The third-order valence-electron chi connectivity index (χ3n) is 4.29. The van der Waals surface area contributed by atoms with Gasteiger partial charge in [-0.05, 0) is 34.2 Å². The molecule has 7 heteroatoms. The van der Waals surface area contributed by atoms with Crippen LogP contribution in [0, 0.1) is 11.6 Å². The van der Waals surface area contributed by atoms with Gasteiger partial charge in [0.25, 0.3) is 6.43 Å². The van der Waals surface area contributed by atoms with Gasteiger partial charge in [-0.3, -0.25) is 0 Å². The summed E-state index contributed by atoms with van der Waals surface area (Å²) in [5, 5.41) is 0. The molecule has 0 amide bonds. The van der Waals surface area contributed by atoms with E-state index in [4.69, 9.17) is 4.74 Å². The Labute approximate surface area is 187 Å². The number of rotatable bonds is 5. The first-order valence-corrected chi connectivity index (χ1v) is 10.4. The number of benzene rings is 2. The van der Waals surface area contributed by atoms with Gasteiger partial charge in [0.2, 0.25) is 0 Å². The minimum Gasteiger partial charge on any atom is -0.497 e. The van der Waals surface area contributed by atoms with Crippen LogP contribution in [0.2, 0.25) is 0 Å². The van der Waals surface area contributed by atoms with Gasteiger partial charge in [0.15, 0.2) is 0 Å². The fourth-order valence-corrected chi connectivity index (χ4v) is 3.63. The van der Waals surface area contributed by atoms with Crippen molar-refractivity contribution < 1.29 is 22.3 Å². The van der Waals surface area contributed by atoms with E-state index in [0.717, 1.165) is 12.1 Å². The highest BCUT2D eigenvalue weighted by Gasteiger charge is 2.31. The van der Waals surface area contributed by atoms with Crippen LogP contribution in [0.1, 0.15) is 25.0 Å². The zero-order valence-electron chi connectivity index (χ0n) is 16.9. The minimum absolute atomic E-state index is 0.000722. The van der Waals surface area contributed by atoms with Crippen molar-refractivity contribution in [1.29, 1.82) is 0 Å². The molecule has 0 aromatic heterocycles. The van der Waals surface area contributed by atoms with Crippen LogP contribution < -0.4 is 4.74 Å². The SMILES string of the molecule is C=C1C(I)=CC(c2ccccc2)=C(c2c(F)cc(OC)cc2F)N1CC(F)F.CC. The minimum atomic E-state index is -2.73. The summed E-state index contributed by atoms with van der Waals surface area (Å²) in [4.78, 5) is 1.17. The Hall–Kier alpha value is -2.29. The molecule has 0 aliphatic carbocycles. The predicted octanol–water partition coefficient (Wildman–Crippen LogP) is 7.28. The number of alkyl halides is 2. The Bertz CT molecular complexity index is 947. The third kappa shape index (κ3) is 5.06. The highest BCUT2D eigenvalue weighted by molar-refractivity contribution is 14.1. The Morgan fingerprint density at radius 2 is 1.63 bits per heavy atom. The topological polar surface area (TPSA) is 12.5 Å². The molecule has 160 valence electrons. The van der Waals surface area contributed by atoms with Gasteiger partial charge in [0, 0.05) is 27.0 Å². The van der Waals surface area contributed by atoms with E-state index in [-0.39, 0.29) is 17.1 Å². The lowest BCUT2D eigenvalue weighted by molar-refractivity contribution is 0.123. The van der Waals surface area contributed by atoms with E-state index >= 15 is 0 Å². The lowest BCUT2D eigenvalue weighted by Gasteiger charge is -2.34. The lowest BCUT2D eigenvalue weighted by atomic mass is 9.94. The Balaban J connectivity index is 0.00000155. The first kappa shape index (κ1) is 24.0. The molecule has 0 spiro atoms. The van der Waals surface area contributed by atoms with Crippen LogP contribution >= 0.6 is 22.6 Å². The van der Waals surface area contributed by atoms with Crippen molar-refractivity contribution in [3.63, 3.8) is 0 Å². The summed E-state index contributed by atoms with van der Waals surface area (Å²) in [7, 11) is 1.29. The van der Waals surface area contributed by atoms with Crippen LogP contribution in [-0.2, 0) is 0 Å². The summed E-state index contributed by atoms with van der Waals surface area (Å²) in [6.45, 7) is 7.10. The summed E-state index contributed by atoms with van der Waals surface area (Å²) in [6.07, 6.45) is -1.03. The second kappa shape index (κ2) is 10.7. The van der Waals surface area contributed by atoms with Crippen LogP contribution in [0.15, 0.2) is 64.4 Å². The summed E-state index contributed by atoms with van der Waals surface area (Å²) in [5.41, 5.74) is 0.940. The maximum Gasteiger partial charge on any atom is 0.256 e. The maximum atomic E-state index is 14.9. The van der Waals surface area contributed by atoms with Crippen LogP contribution in [0.25, 0.3) is 11.3 Å². The zero-order valence-corrected chi connectivity index (χ0v) is 19.0. The smallest absolute Gasteiger partial charge is 0.256 e. The molecule has 3 rings (SSSR count). The van der Waals surface area contributed by atoms with E-state index in [0.29, 0.717) is 14.7 Å². The van der Waals surface area contributed by atoms with E-state index in [2.05, 4.69) is 6.58 Å². The van der Waals surface area contributed by atoms with E-state index in [1.54, 1.807) is 36.4 Å². The normalized spacial score (nSPS) is 13.8. The number of halogens is 5. The maximum absolute atomic E-state index is 14.9. The quantitative estimate of drug-likeness (QED) is 0.297. The summed E-state index contributed by atoms with van der Waals surface area (Å²) in [5.74, 6) is -1.81. The van der Waals surface area contributed by atoms with E-state index in [9.17, 15) is 17.6 Å². The van der Waals surface area contributed by atoms with E-state index < -0.39 is 30.2 Å². The molecule has 0 N–H and O–H groups in total. The molecule has 1 aliphatic rings. The molecule has 1 heterocycles. The largest absolute Gasteiger partial charge is 0.497 e. The molecule has 0 bridgehead atoms. The lowest BCUT2D eigenvalue weighted by Crippen LogP contribution is -2.30. The van der Waals surface area contributed by atoms with Crippen LogP contribution in [0.3, 0.4) is 0 Å². The van der Waals surface area contributed by atoms with Gasteiger partial charge >= 0.3 is 0 Å². The van der Waals surface area contributed by atoms with Gasteiger partial charge in [0.1, 0.15) is 17.4 Å². The number of nitrogens with zero attached hydrogens (tertiary/aromatic N) is 1. The van der Waals surface area contributed by atoms with E-state index in [1.165, 1.54) is 12.0 Å². The average Bonchev–Trinajstić information content (AvgIpc) is 2.73. The molecule has 0 unspecified atom stereocenters. The van der Waals surface area contributed by atoms with Gasteiger partial charge in [-0.2, -0.15) is 0 Å². The molecule has 2 aromatic carbocycles. The standard InChI is InChI=1S/C21H16F4INO.C2H6/c1-12-18(26)10-15(13-6-4-3-5-7-13)21(27(12)11-19(24)25)20-16(22)8-14(28-2)9-17(20)23;1-2/h3-10,19H,1,11H2,2H3;1-2H3. The molecule has 0 radical (unpaired) electrons. The zero-order chi connectivity index (χ0) is 22.4. The summed E-state index contributed by atoms with van der Waals surface area (Å²) in [6, 6.07) is 10.9. The van der Waals surface area contributed by atoms with Gasteiger partial charge in [-0.1, -0.05) is 50.8 Å². The molecule has 0 saturated carbocycles. The van der Waals surface area contributed by atoms with Crippen molar-refractivity contribution in [1.82, 2.24) is 4.90 Å². The Morgan fingerprint density at radius 3 is 2.13 bits per heavy atom. The van der Waals surface area contributed by atoms with Gasteiger partial charge in [0.05, 0.1) is 24.9 Å². The molecule has 0 atom stereocenters. The predicted molar refractivity (Wildman–Crippen MR) is 121 cm³/mol. The molecule has 2 nitrogen and oxygen atoms in total. The van der Waals surface area contributed by atoms with Crippen LogP contribution in [0.5, 0.6) is 5.75 Å². The van der Waals surface area contributed by atoms with Crippen LogP contribution in [0.4, 0.5) is 17.6 Å². The molecule has 2 aromatic rings. The van der Waals surface area contributed by atoms with Crippen molar-refractivity contribution >= 4 is 33.9 Å². The average molecular weight is 531 g/mol. The number of methoxy groups -OCH3 is 1. The monoisotopic (exact) mass is 531 g/mol. The number of hydrogen-bond acceptors (Lipinski definition) is 2. The number of allylic oxidation sites excluding steroid dienone is 3. The first-order chi connectivity index (χ1) is 14.3. The van der Waals surface area contributed by atoms with Crippen molar-refractivity contribution in [2.75, 3.05) is 13.7 Å². The van der Waals surface area contributed by atoms with Crippen molar-refractivity contribution in [2.24, 2.45) is 0 Å². The van der Waals surface area contributed by atoms with Gasteiger partial charge in [-0.25, -0.2) is 17.6 Å².